The summed E-state index contributed by atoms with van der Waals surface area (Å²) in [6.45, 7) is 0.289. The Balaban J connectivity index is 1.43. The zero-order valence-electron chi connectivity index (χ0n) is 19.5. The van der Waals surface area contributed by atoms with Crippen molar-refractivity contribution in [3.05, 3.63) is 135 Å². The van der Waals surface area contributed by atoms with E-state index in [1.807, 2.05) is 18.2 Å². The quantitative estimate of drug-likeness (QED) is 0.142. The highest BCUT2D eigenvalue weighted by Gasteiger charge is 2.39. The molecule has 8 heteroatoms. The SMILES string of the molecule is O=C(O)c1ccc(COc2ccc(/C=N/NC(=O)C(O)(c3ccccc3)c3ccccc3)cc2I)cc1. The molecule has 0 aliphatic heterocycles. The van der Waals surface area contributed by atoms with Crippen LogP contribution in [0.15, 0.2) is 108 Å². The number of carbonyl (C=O) groups excluding carboxylic acids is 1. The first-order valence-electron chi connectivity index (χ1n) is 11.3. The third-order valence-corrected chi connectivity index (χ3v) is 6.49. The Labute approximate surface area is 227 Å². The van der Waals surface area contributed by atoms with E-state index in [1.54, 1.807) is 72.8 Å². The molecule has 4 aromatic carbocycles. The van der Waals surface area contributed by atoms with E-state index in [0.717, 1.165) is 14.7 Å². The summed E-state index contributed by atoms with van der Waals surface area (Å²) in [5, 5.41) is 24.5. The molecule has 7 nitrogen and oxygen atoms in total. The van der Waals surface area contributed by atoms with Crippen LogP contribution in [0, 0.1) is 3.57 Å². The lowest BCUT2D eigenvalue weighted by Gasteiger charge is -2.27. The summed E-state index contributed by atoms with van der Waals surface area (Å²) in [4.78, 5) is 24.1. The van der Waals surface area contributed by atoms with Crippen molar-refractivity contribution in [3.8, 4) is 5.75 Å². The molecule has 0 fully saturated rings. The number of halogens is 1. The van der Waals surface area contributed by atoms with Gasteiger partial charge in [-0.25, -0.2) is 10.2 Å². The van der Waals surface area contributed by atoms with E-state index >= 15 is 0 Å². The Kier molecular flexibility index (Phi) is 8.32. The largest absolute Gasteiger partial charge is 0.488 e. The number of nitrogens with one attached hydrogen (secondary N) is 1. The van der Waals surface area contributed by atoms with Gasteiger partial charge in [0.2, 0.25) is 0 Å². The van der Waals surface area contributed by atoms with Crippen LogP contribution in [0.5, 0.6) is 5.75 Å². The van der Waals surface area contributed by atoms with Crippen LogP contribution in [0.3, 0.4) is 0 Å². The van der Waals surface area contributed by atoms with Crippen LogP contribution < -0.4 is 10.2 Å². The number of nitrogens with zero attached hydrogens (tertiary/aromatic N) is 1. The maximum absolute atomic E-state index is 13.1. The van der Waals surface area contributed by atoms with Crippen molar-refractivity contribution in [1.29, 1.82) is 0 Å². The molecule has 0 aliphatic rings. The van der Waals surface area contributed by atoms with Gasteiger partial charge in [-0.15, -0.1) is 0 Å². The first-order valence-corrected chi connectivity index (χ1v) is 12.4. The van der Waals surface area contributed by atoms with Gasteiger partial charge in [-0.05, 0) is 75.2 Å². The van der Waals surface area contributed by atoms with E-state index in [0.29, 0.717) is 16.9 Å². The molecular weight excluding hydrogens is 583 g/mol. The van der Waals surface area contributed by atoms with E-state index in [9.17, 15) is 14.7 Å². The Morgan fingerprint density at radius 2 is 1.49 bits per heavy atom. The van der Waals surface area contributed by atoms with E-state index in [1.165, 1.54) is 18.3 Å². The monoisotopic (exact) mass is 606 g/mol. The van der Waals surface area contributed by atoms with Gasteiger partial charge in [0.15, 0.2) is 5.60 Å². The van der Waals surface area contributed by atoms with Gasteiger partial charge < -0.3 is 14.9 Å². The smallest absolute Gasteiger partial charge is 0.335 e. The fourth-order valence-corrected chi connectivity index (χ4v) is 4.35. The lowest BCUT2D eigenvalue weighted by Crippen LogP contribution is -2.43. The summed E-state index contributed by atoms with van der Waals surface area (Å²) >= 11 is 2.14. The number of aromatic carboxylic acids is 1. The number of ether oxygens (including phenoxy) is 1. The van der Waals surface area contributed by atoms with Crippen LogP contribution in [0.4, 0.5) is 0 Å². The van der Waals surface area contributed by atoms with Crippen LogP contribution in [-0.2, 0) is 17.0 Å². The zero-order chi connectivity index (χ0) is 26.3. The van der Waals surface area contributed by atoms with E-state index in [2.05, 4.69) is 33.1 Å². The second kappa shape index (κ2) is 11.8. The minimum absolute atomic E-state index is 0.222. The number of carboxylic acid groups (broad SMARTS) is 1. The van der Waals surface area contributed by atoms with Gasteiger partial charge in [0.05, 0.1) is 15.3 Å². The van der Waals surface area contributed by atoms with Crippen molar-refractivity contribution in [1.82, 2.24) is 5.43 Å². The lowest BCUT2D eigenvalue weighted by atomic mass is 9.85. The van der Waals surface area contributed by atoms with Gasteiger partial charge in [0.25, 0.3) is 5.91 Å². The molecule has 0 heterocycles. The molecular formula is C29H23IN2O5. The van der Waals surface area contributed by atoms with Gasteiger partial charge in [-0.3, -0.25) is 4.79 Å². The molecule has 0 atom stereocenters. The second-order valence-corrected chi connectivity index (χ2v) is 9.28. The Morgan fingerprint density at radius 1 is 0.892 bits per heavy atom. The van der Waals surface area contributed by atoms with Crippen LogP contribution >= 0.6 is 22.6 Å². The first-order chi connectivity index (χ1) is 17.9. The second-order valence-electron chi connectivity index (χ2n) is 8.12. The minimum Gasteiger partial charge on any atom is -0.488 e. The van der Waals surface area contributed by atoms with Crippen molar-refractivity contribution in [2.24, 2.45) is 5.10 Å². The highest BCUT2D eigenvalue weighted by atomic mass is 127. The fourth-order valence-electron chi connectivity index (χ4n) is 3.65. The molecule has 0 unspecified atom stereocenters. The third-order valence-electron chi connectivity index (χ3n) is 5.64. The summed E-state index contributed by atoms with van der Waals surface area (Å²) in [5.41, 5.74) is 3.22. The first kappa shape index (κ1) is 26.1. The van der Waals surface area contributed by atoms with Gasteiger partial charge in [0, 0.05) is 0 Å². The molecule has 4 rings (SSSR count). The van der Waals surface area contributed by atoms with Gasteiger partial charge >= 0.3 is 5.97 Å². The maximum Gasteiger partial charge on any atom is 0.335 e. The van der Waals surface area contributed by atoms with Crippen LogP contribution in [-0.4, -0.2) is 28.3 Å². The standard InChI is InChI=1S/C29H23IN2O5/c30-25-17-21(13-16-26(25)37-19-20-11-14-22(15-12-20)27(33)34)18-31-32-28(35)29(36,23-7-3-1-4-8-23)24-9-5-2-6-10-24/h1-18,36H,19H2,(H,32,35)(H,33,34)/b31-18+. The Bertz CT molecular complexity index is 1370. The highest BCUT2D eigenvalue weighted by Crippen LogP contribution is 2.30. The number of hydrogen-bond donors (Lipinski definition) is 3. The van der Waals surface area contributed by atoms with Crippen molar-refractivity contribution >= 4 is 40.7 Å². The molecule has 3 N–H and O–H groups in total. The molecule has 37 heavy (non-hydrogen) atoms. The minimum atomic E-state index is -1.91. The van der Waals surface area contributed by atoms with Crippen molar-refractivity contribution < 1.29 is 24.5 Å². The molecule has 0 radical (unpaired) electrons. The van der Waals surface area contributed by atoms with E-state index in [4.69, 9.17) is 9.84 Å². The predicted molar refractivity (Wildman–Crippen MR) is 149 cm³/mol. The van der Waals surface area contributed by atoms with E-state index < -0.39 is 17.5 Å². The molecule has 0 saturated heterocycles. The third kappa shape index (κ3) is 6.22. The molecule has 0 aliphatic carbocycles. The summed E-state index contributed by atoms with van der Waals surface area (Å²) < 4.78 is 6.69. The Hall–Kier alpha value is -4.02. The molecule has 0 bridgehead atoms. The molecule has 0 spiro atoms. The molecule has 0 aromatic heterocycles. The molecule has 1 amide bonds. The average Bonchev–Trinajstić information content (AvgIpc) is 2.93. The van der Waals surface area contributed by atoms with Crippen molar-refractivity contribution in [3.63, 3.8) is 0 Å². The van der Waals surface area contributed by atoms with Crippen LogP contribution in [0.2, 0.25) is 0 Å². The van der Waals surface area contributed by atoms with Gasteiger partial charge in [-0.1, -0.05) is 72.8 Å². The van der Waals surface area contributed by atoms with E-state index in [-0.39, 0.29) is 12.2 Å². The Morgan fingerprint density at radius 3 is 2.03 bits per heavy atom. The number of carboxylic acids is 1. The summed E-state index contributed by atoms with van der Waals surface area (Å²) in [5.74, 6) is -0.989. The predicted octanol–water partition coefficient (Wildman–Crippen LogP) is 4.95. The number of carbonyl (C=O) groups is 2. The van der Waals surface area contributed by atoms with Crippen molar-refractivity contribution in [2.75, 3.05) is 0 Å². The average molecular weight is 606 g/mol. The number of amides is 1. The zero-order valence-corrected chi connectivity index (χ0v) is 21.7. The topological polar surface area (TPSA) is 108 Å². The highest BCUT2D eigenvalue weighted by molar-refractivity contribution is 14.1. The van der Waals surface area contributed by atoms with Gasteiger partial charge in [-0.2, -0.15) is 5.10 Å². The van der Waals surface area contributed by atoms with Crippen LogP contribution in [0.1, 0.15) is 32.6 Å². The maximum atomic E-state index is 13.1. The summed E-state index contributed by atoms with van der Waals surface area (Å²) in [7, 11) is 0. The normalized spacial score (nSPS) is 11.3. The lowest BCUT2D eigenvalue weighted by molar-refractivity contribution is -0.136. The molecule has 4 aromatic rings. The number of benzene rings is 4. The molecule has 186 valence electrons. The molecule has 0 saturated carbocycles. The number of rotatable bonds is 9. The fraction of sp³-hybridized carbons (Fsp3) is 0.0690. The number of hydrogen-bond acceptors (Lipinski definition) is 5. The number of aliphatic hydroxyl groups is 1. The van der Waals surface area contributed by atoms with Crippen LogP contribution in [0.25, 0.3) is 0 Å². The number of hydrazone groups is 1. The van der Waals surface area contributed by atoms with Crippen molar-refractivity contribution in [2.45, 2.75) is 12.2 Å². The summed E-state index contributed by atoms with van der Waals surface area (Å²) in [6, 6.07) is 29.4. The summed E-state index contributed by atoms with van der Waals surface area (Å²) in [6.07, 6.45) is 1.49. The van der Waals surface area contributed by atoms with Gasteiger partial charge in [0.1, 0.15) is 12.4 Å².